The number of rotatable bonds is 5. The molecule has 12 heavy (non-hydrogen) atoms. The minimum Gasteiger partial charge on any atom is -0.466 e. The molecule has 0 bridgehead atoms. The molecule has 3 nitrogen and oxygen atoms in total. The second-order valence-electron chi connectivity index (χ2n) is 2.06. The molecule has 4 heteroatoms. The van der Waals surface area contributed by atoms with E-state index in [0.29, 0.717) is 6.61 Å². The van der Waals surface area contributed by atoms with Crippen LogP contribution in [0.15, 0.2) is 11.6 Å². The quantitative estimate of drug-likeness (QED) is 0.489. The van der Waals surface area contributed by atoms with Crippen LogP contribution in [0.2, 0.25) is 0 Å². The van der Waals surface area contributed by atoms with E-state index < -0.39 is 0 Å². The van der Waals surface area contributed by atoms with Crippen molar-refractivity contribution in [2.75, 3.05) is 6.61 Å². The van der Waals surface area contributed by atoms with Crippen LogP contribution in [-0.2, 0) is 14.3 Å². The van der Waals surface area contributed by atoms with E-state index in [1.54, 1.807) is 6.92 Å². The fraction of sp³-hybridized carbons (Fsp3) is 0.500. The molecule has 0 aromatic carbocycles. The SMILES string of the molecule is CCOC(=O)CCC(=O)C=CCl. The maximum Gasteiger partial charge on any atom is 0.306 e. The summed E-state index contributed by atoms with van der Waals surface area (Å²) >= 11 is 5.16. The summed E-state index contributed by atoms with van der Waals surface area (Å²) in [5.41, 5.74) is 1.13. The predicted octanol–water partition coefficient (Wildman–Crippen LogP) is 1.65. The molecule has 0 atom stereocenters. The molecule has 0 spiro atoms. The Hall–Kier alpha value is -0.830. The van der Waals surface area contributed by atoms with Gasteiger partial charge in [-0.1, -0.05) is 11.6 Å². The first-order valence-electron chi connectivity index (χ1n) is 3.66. The van der Waals surface area contributed by atoms with Crippen LogP contribution >= 0.6 is 11.6 Å². The van der Waals surface area contributed by atoms with Crippen LogP contribution in [0, 0.1) is 0 Å². The molecule has 0 saturated heterocycles. The van der Waals surface area contributed by atoms with Crippen molar-refractivity contribution in [1.29, 1.82) is 0 Å². The summed E-state index contributed by atoms with van der Waals surface area (Å²) in [6, 6.07) is 0. The van der Waals surface area contributed by atoms with Gasteiger partial charge in [-0.2, -0.15) is 0 Å². The summed E-state index contributed by atoms with van der Waals surface area (Å²) in [5, 5.41) is 0. The lowest BCUT2D eigenvalue weighted by Gasteiger charge is -1.98. The molecule has 0 rings (SSSR count). The first-order chi connectivity index (χ1) is 5.70. The lowest BCUT2D eigenvalue weighted by Crippen LogP contribution is -2.06. The number of esters is 1. The molecule has 0 aliphatic heterocycles. The van der Waals surface area contributed by atoms with Crippen LogP contribution in [-0.4, -0.2) is 18.4 Å². The van der Waals surface area contributed by atoms with E-state index in [1.807, 2.05) is 0 Å². The molecule has 0 radical (unpaired) electrons. The number of ketones is 1. The Labute approximate surface area is 76.3 Å². The van der Waals surface area contributed by atoms with Gasteiger partial charge in [-0.25, -0.2) is 0 Å². The maximum absolute atomic E-state index is 10.8. The number of hydrogen-bond donors (Lipinski definition) is 0. The second kappa shape index (κ2) is 6.85. The molecule has 68 valence electrons. The number of allylic oxidation sites excluding steroid dienone is 1. The van der Waals surface area contributed by atoms with Crippen LogP contribution in [0.4, 0.5) is 0 Å². The van der Waals surface area contributed by atoms with E-state index in [9.17, 15) is 9.59 Å². The van der Waals surface area contributed by atoms with Crippen molar-refractivity contribution < 1.29 is 14.3 Å². The number of halogens is 1. The van der Waals surface area contributed by atoms with E-state index in [2.05, 4.69) is 4.74 Å². The van der Waals surface area contributed by atoms with E-state index >= 15 is 0 Å². The summed E-state index contributed by atoms with van der Waals surface area (Å²) in [6.45, 7) is 2.07. The second-order valence-corrected chi connectivity index (χ2v) is 2.32. The van der Waals surface area contributed by atoms with Crippen LogP contribution in [0.25, 0.3) is 0 Å². The topological polar surface area (TPSA) is 43.4 Å². The Morgan fingerprint density at radius 2 is 2.08 bits per heavy atom. The molecule has 0 aliphatic rings. The van der Waals surface area contributed by atoms with Crippen molar-refractivity contribution in [2.45, 2.75) is 19.8 Å². The van der Waals surface area contributed by atoms with E-state index in [4.69, 9.17) is 11.6 Å². The van der Waals surface area contributed by atoms with Crippen molar-refractivity contribution in [3.05, 3.63) is 11.6 Å². The van der Waals surface area contributed by atoms with Gasteiger partial charge in [-0.05, 0) is 13.0 Å². The van der Waals surface area contributed by atoms with Gasteiger partial charge < -0.3 is 4.74 Å². The van der Waals surface area contributed by atoms with Crippen LogP contribution in [0.5, 0.6) is 0 Å². The first kappa shape index (κ1) is 11.2. The Kier molecular flexibility index (Phi) is 6.38. The van der Waals surface area contributed by atoms with Crippen molar-refractivity contribution in [1.82, 2.24) is 0 Å². The number of ether oxygens (including phenoxy) is 1. The van der Waals surface area contributed by atoms with Gasteiger partial charge >= 0.3 is 5.97 Å². The average molecular weight is 191 g/mol. The van der Waals surface area contributed by atoms with Gasteiger partial charge in [0, 0.05) is 12.0 Å². The van der Waals surface area contributed by atoms with Gasteiger partial charge in [0.15, 0.2) is 5.78 Å². The first-order valence-corrected chi connectivity index (χ1v) is 4.09. The molecular weight excluding hydrogens is 180 g/mol. The van der Waals surface area contributed by atoms with Crippen LogP contribution in [0.1, 0.15) is 19.8 Å². The molecular formula is C8H11ClO3. The highest BCUT2D eigenvalue weighted by atomic mass is 35.5. The monoisotopic (exact) mass is 190 g/mol. The largest absolute Gasteiger partial charge is 0.466 e. The molecule has 0 saturated carbocycles. The van der Waals surface area contributed by atoms with Crippen LogP contribution in [0.3, 0.4) is 0 Å². The average Bonchev–Trinajstić information content (AvgIpc) is 2.02. The van der Waals surface area contributed by atoms with E-state index in [-0.39, 0.29) is 24.6 Å². The highest BCUT2D eigenvalue weighted by Crippen LogP contribution is 1.96. The van der Waals surface area contributed by atoms with E-state index in [0.717, 1.165) is 5.54 Å². The van der Waals surface area contributed by atoms with Gasteiger partial charge in [-0.15, -0.1) is 0 Å². The normalized spacial score (nSPS) is 10.2. The zero-order valence-corrected chi connectivity index (χ0v) is 7.63. The van der Waals surface area contributed by atoms with Crippen molar-refractivity contribution in [2.24, 2.45) is 0 Å². The lowest BCUT2D eigenvalue weighted by molar-refractivity contribution is -0.144. The lowest BCUT2D eigenvalue weighted by atomic mass is 10.2. The zero-order chi connectivity index (χ0) is 9.40. The third-order valence-electron chi connectivity index (χ3n) is 1.13. The summed E-state index contributed by atoms with van der Waals surface area (Å²) in [7, 11) is 0. The third-order valence-corrected chi connectivity index (χ3v) is 1.26. The van der Waals surface area contributed by atoms with Gasteiger partial charge in [0.05, 0.1) is 13.0 Å². The molecule has 0 fully saturated rings. The summed E-state index contributed by atoms with van der Waals surface area (Å²) < 4.78 is 4.62. The van der Waals surface area contributed by atoms with E-state index in [1.165, 1.54) is 6.08 Å². The summed E-state index contributed by atoms with van der Waals surface area (Å²) in [6.07, 6.45) is 1.50. The molecule has 0 amide bonds. The minimum absolute atomic E-state index is 0.119. The number of carbonyl (C=O) groups is 2. The molecule has 0 aliphatic carbocycles. The summed E-state index contributed by atoms with van der Waals surface area (Å²) in [4.78, 5) is 21.5. The van der Waals surface area contributed by atoms with Gasteiger partial charge in [-0.3, -0.25) is 9.59 Å². The van der Waals surface area contributed by atoms with Gasteiger partial charge in [0.2, 0.25) is 0 Å². The Morgan fingerprint density at radius 3 is 2.58 bits per heavy atom. The number of carbonyl (C=O) groups excluding carboxylic acids is 2. The number of hydrogen-bond acceptors (Lipinski definition) is 3. The molecule has 0 aromatic heterocycles. The van der Waals surface area contributed by atoms with Gasteiger partial charge in [0.1, 0.15) is 0 Å². The maximum atomic E-state index is 10.8. The fourth-order valence-electron chi connectivity index (χ4n) is 0.612. The van der Waals surface area contributed by atoms with Crippen molar-refractivity contribution in [3.63, 3.8) is 0 Å². The minimum atomic E-state index is -0.353. The third kappa shape index (κ3) is 5.92. The molecule has 0 aromatic rings. The fourth-order valence-corrected chi connectivity index (χ4v) is 0.753. The molecule has 0 heterocycles. The smallest absolute Gasteiger partial charge is 0.306 e. The van der Waals surface area contributed by atoms with Crippen molar-refractivity contribution in [3.8, 4) is 0 Å². The highest BCUT2D eigenvalue weighted by molar-refractivity contribution is 6.26. The van der Waals surface area contributed by atoms with Crippen LogP contribution < -0.4 is 0 Å². The zero-order valence-electron chi connectivity index (χ0n) is 6.88. The van der Waals surface area contributed by atoms with Gasteiger partial charge in [0.25, 0.3) is 0 Å². The predicted molar refractivity (Wildman–Crippen MR) is 45.9 cm³/mol. The Bertz CT molecular complexity index is 187. The highest BCUT2D eigenvalue weighted by Gasteiger charge is 2.04. The molecule has 0 N–H and O–H groups in total. The molecule has 0 unspecified atom stereocenters. The Morgan fingerprint density at radius 1 is 1.42 bits per heavy atom. The summed E-state index contributed by atoms with van der Waals surface area (Å²) in [5.74, 6) is -0.521. The Balaban J connectivity index is 3.54. The van der Waals surface area contributed by atoms with Crippen molar-refractivity contribution >= 4 is 23.4 Å². The standard InChI is InChI=1S/C8H11ClO3/c1-2-12-8(11)4-3-7(10)5-6-9/h5-6H,2-4H2,1H3.